The molecular formula is C13H18N4O3. The van der Waals surface area contributed by atoms with Gasteiger partial charge in [0, 0.05) is 26.0 Å². The number of carbonyl (C=O) groups excluding carboxylic acids is 2. The van der Waals surface area contributed by atoms with Crippen LogP contribution in [0, 0.1) is 0 Å². The van der Waals surface area contributed by atoms with Crippen molar-refractivity contribution in [2.24, 2.45) is 0 Å². The van der Waals surface area contributed by atoms with Crippen molar-refractivity contribution in [3.8, 4) is 0 Å². The molecular weight excluding hydrogens is 260 g/mol. The highest BCUT2D eigenvalue weighted by Gasteiger charge is 2.27. The maximum absolute atomic E-state index is 12.2. The number of ether oxygens (including phenoxy) is 1. The molecule has 1 aromatic heterocycles. The summed E-state index contributed by atoms with van der Waals surface area (Å²) in [5.41, 5.74) is 0. The number of likely N-dealkylation sites (tertiary alicyclic amines) is 1. The van der Waals surface area contributed by atoms with Gasteiger partial charge in [0.1, 0.15) is 6.10 Å². The van der Waals surface area contributed by atoms with Crippen molar-refractivity contribution < 1.29 is 14.3 Å². The fourth-order valence-electron chi connectivity index (χ4n) is 2.16. The molecule has 1 fully saturated rings. The molecule has 7 nitrogen and oxygen atoms in total. The van der Waals surface area contributed by atoms with Crippen LogP contribution in [-0.4, -0.2) is 53.0 Å². The Balaban J connectivity index is 1.94. The molecule has 0 aliphatic carbocycles. The largest absolute Gasteiger partial charge is 0.372 e. The molecule has 1 aromatic rings. The molecule has 0 saturated carbocycles. The highest BCUT2D eigenvalue weighted by Crippen LogP contribution is 2.14. The van der Waals surface area contributed by atoms with Gasteiger partial charge in [-0.05, 0) is 19.3 Å². The van der Waals surface area contributed by atoms with Crippen molar-refractivity contribution >= 4 is 17.6 Å². The third-order valence-corrected chi connectivity index (χ3v) is 3.18. The van der Waals surface area contributed by atoms with Gasteiger partial charge in [0.05, 0.1) is 12.7 Å². The molecule has 2 heterocycles. The summed E-state index contributed by atoms with van der Waals surface area (Å²) in [6.45, 7) is 0.585. The third-order valence-electron chi connectivity index (χ3n) is 3.18. The van der Waals surface area contributed by atoms with E-state index in [1.807, 2.05) is 0 Å². The van der Waals surface area contributed by atoms with E-state index in [0.717, 1.165) is 12.8 Å². The summed E-state index contributed by atoms with van der Waals surface area (Å²) < 4.78 is 5.17. The van der Waals surface area contributed by atoms with Gasteiger partial charge in [0.2, 0.25) is 5.91 Å². The average Bonchev–Trinajstić information content (AvgIpc) is 2.62. The van der Waals surface area contributed by atoms with Crippen LogP contribution in [0.3, 0.4) is 0 Å². The van der Waals surface area contributed by atoms with Crippen LogP contribution in [0.25, 0.3) is 0 Å². The normalized spacial score (nSPS) is 19.6. The average molecular weight is 278 g/mol. The van der Waals surface area contributed by atoms with E-state index in [0.29, 0.717) is 18.8 Å². The number of nitrogens with one attached hydrogen (secondary N) is 1. The van der Waals surface area contributed by atoms with Gasteiger partial charge < -0.3 is 15.0 Å². The van der Waals surface area contributed by atoms with Crippen LogP contribution < -0.4 is 5.32 Å². The summed E-state index contributed by atoms with van der Waals surface area (Å²) in [7, 11) is 1.52. The first-order chi connectivity index (χ1) is 9.70. The minimum absolute atomic E-state index is 0.00919. The molecule has 0 spiro atoms. The molecule has 0 radical (unpaired) electrons. The number of methoxy groups -OCH3 is 1. The van der Waals surface area contributed by atoms with Gasteiger partial charge in [-0.1, -0.05) is 0 Å². The number of anilines is 1. The summed E-state index contributed by atoms with van der Waals surface area (Å²) in [5.74, 6) is -0.0297. The van der Waals surface area contributed by atoms with Crippen LogP contribution in [0.1, 0.15) is 19.3 Å². The van der Waals surface area contributed by atoms with E-state index in [4.69, 9.17) is 4.74 Å². The Morgan fingerprint density at radius 2 is 2.35 bits per heavy atom. The number of nitrogens with zero attached hydrogens (tertiary/aromatic N) is 3. The van der Waals surface area contributed by atoms with Crippen molar-refractivity contribution in [3.05, 3.63) is 18.6 Å². The lowest BCUT2D eigenvalue weighted by Gasteiger charge is -2.22. The van der Waals surface area contributed by atoms with E-state index in [-0.39, 0.29) is 18.4 Å². The monoisotopic (exact) mass is 278 g/mol. The number of rotatable bonds is 4. The zero-order valence-corrected chi connectivity index (χ0v) is 11.4. The van der Waals surface area contributed by atoms with Crippen molar-refractivity contribution in [1.82, 2.24) is 14.9 Å². The molecule has 7 heteroatoms. The van der Waals surface area contributed by atoms with Crippen LogP contribution >= 0.6 is 0 Å². The van der Waals surface area contributed by atoms with E-state index in [1.165, 1.54) is 30.6 Å². The second kappa shape index (κ2) is 6.95. The molecule has 1 unspecified atom stereocenters. The molecule has 1 atom stereocenters. The van der Waals surface area contributed by atoms with Gasteiger partial charge in [-0.15, -0.1) is 0 Å². The molecule has 1 aliphatic heterocycles. The first kappa shape index (κ1) is 14.4. The van der Waals surface area contributed by atoms with E-state index < -0.39 is 6.10 Å². The molecule has 0 bridgehead atoms. The first-order valence-electron chi connectivity index (χ1n) is 6.58. The molecule has 108 valence electrons. The fourth-order valence-corrected chi connectivity index (χ4v) is 2.16. The Labute approximate surface area is 117 Å². The summed E-state index contributed by atoms with van der Waals surface area (Å²) >= 11 is 0. The molecule has 1 N–H and O–H groups in total. The van der Waals surface area contributed by atoms with Crippen LogP contribution in [0.2, 0.25) is 0 Å². The molecule has 2 amide bonds. The maximum Gasteiger partial charge on any atom is 0.252 e. The minimum atomic E-state index is -0.443. The van der Waals surface area contributed by atoms with Crippen molar-refractivity contribution in [2.75, 3.05) is 25.5 Å². The summed E-state index contributed by atoms with van der Waals surface area (Å²) in [5, 5.41) is 2.62. The highest BCUT2D eigenvalue weighted by molar-refractivity contribution is 5.94. The zero-order chi connectivity index (χ0) is 14.4. The van der Waals surface area contributed by atoms with Gasteiger partial charge in [-0.3, -0.25) is 14.6 Å². The lowest BCUT2D eigenvalue weighted by molar-refractivity contribution is -0.143. The number of amides is 2. The second-order valence-electron chi connectivity index (χ2n) is 4.62. The molecule has 0 aromatic carbocycles. The Morgan fingerprint density at radius 3 is 3.05 bits per heavy atom. The van der Waals surface area contributed by atoms with Gasteiger partial charge in [0.15, 0.2) is 5.82 Å². The SMILES string of the molecule is COC1CCCCN(CC(=O)Nc2cnccn2)C1=O. The molecule has 2 rings (SSSR count). The number of hydrogen-bond donors (Lipinski definition) is 1. The number of aromatic nitrogens is 2. The molecule has 1 saturated heterocycles. The second-order valence-corrected chi connectivity index (χ2v) is 4.62. The van der Waals surface area contributed by atoms with Crippen molar-refractivity contribution in [3.63, 3.8) is 0 Å². The number of carbonyl (C=O) groups is 2. The Bertz CT molecular complexity index is 466. The predicted molar refractivity (Wildman–Crippen MR) is 71.9 cm³/mol. The Kier molecular flexibility index (Phi) is 5.00. The Morgan fingerprint density at radius 1 is 1.50 bits per heavy atom. The van der Waals surface area contributed by atoms with Crippen LogP contribution in [0.15, 0.2) is 18.6 Å². The standard InChI is InChI=1S/C13H18N4O3/c1-20-10-4-2-3-7-17(13(10)19)9-12(18)16-11-8-14-5-6-15-11/h5-6,8,10H,2-4,7,9H2,1H3,(H,15,16,18). The number of hydrogen-bond acceptors (Lipinski definition) is 5. The Hall–Kier alpha value is -2.02. The third kappa shape index (κ3) is 3.74. The van der Waals surface area contributed by atoms with E-state index in [1.54, 1.807) is 0 Å². The lowest BCUT2D eigenvalue weighted by Crippen LogP contribution is -2.43. The topological polar surface area (TPSA) is 84.4 Å². The summed E-state index contributed by atoms with van der Waals surface area (Å²) in [4.78, 5) is 33.4. The van der Waals surface area contributed by atoms with Crippen LogP contribution in [-0.2, 0) is 14.3 Å². The van der Waals surface area contributed by atoms with Gasteiger partial charge in [-0.25, -0.2) is 4.98 Å². The summed E-state index contributed by atoms with van der Waals surface area (Å²) in [6, 6.07) is 0. The van der Waals surface area contributed by atoms with E-state index in [9.17, 15) is 9.59 Å². The predicted octanol–water partition coefficient (Wildman–Crippen LogP) is 0.443. The first-order valence-corrected chi connectivity index (χ1v) is 6.58. The molecule has 1 aliphatic rings. The zero-order valence-electron chi connectivity index (χ0n) is 11.4. The van der Waals surface area contributed by atoms with E-state index >= 15 is 0 Å². The minimum Gasteiger partial charge on any atom is -0.372 e. The summed E-state index contributed by atoms with van der Waals surface area (Å²) in [6.07, 6.45) is 6.54. The highest BCUT2D eigenvalue weighted by atomic mass is 16.5. The van der Waals surface area contributed by atoms with E-state index in [2.05, 4.69) is 15.3 Å². The maximum atomic E-state index is 12.2. The lowest BCUT2D eigenvalue weighted by atomic mass is 10.2. The van der Waals surface area contributed by atoms with Crippen molar-refractivity contribution in [1.29, 1.82) is 0 Å². The quantitative estimate of drug-likeness (QED) is 0.864. The van der Waals surface area contributed by atoms with Gasteiger partial charge in [0.25, 0.3) is 5.91 Å². The van der Waals surface area contributed by atoms with Crippen LogP contribution in [0.5, 0.6) is 0 Å². The fraction of sp³-hybridized carbons (Fsp3) is 0.538. The van der Waals surface area contributed by atoms with Gasteiger partial charge >= 0.3 is 0 Å². The molecule has 20 heavy (non-hydrogen) atoms. The van der Waals surface area contributed by atoms with Crippen LogP contribution in [0.4, 0.5) is 5.82 Å². The smallest absolute Gasteiger partial charge is 0.252 e. The van der Waals surface area contributed by atoms with Crippen molar-refractivity contribution in [2.45, 2.75) is 25.4 Å². The van der Waals surface area contributed by atoms with Gasteiger partial charge in [-0.2, -0.15) is 0 Å².